The average Bonchev–Trinajstić information content (AvgIpc) is 2.67. The van der Waals surface area contributed by atoms with E-state index in [9.17, 15) is 14.9 Å². The van der Waals surface area contributed by atoms with Crippen LogP contribution >= 0.6 is 0 Å². The lowest BCUT2D eigenvalue weighted by molar-refractivity contribution is -0.840. The minimum atomic E-state index is -0.435. The average molecular weight is 383 g/mol. The third-order valence-corrected chi connectivity index (χ3v) is 5.53. The van der Waals surface area contributed by atoms with Crippen molar-refractivity contribution in [2.45, 2.75) is 44.9 Å². The van der Waals surface area contributed by atoms with Crippen molar-refractivity contribution in [3.63, 3.8) is 0 Å². The number of piperazine rings is 1. The topological polar surface area (TPSA) is 80.8 Å². The lowest BCUT2D eigenvalue weighted by Gasteiger charge is -2.32. The molecule has 1 aromatic heterocycles. The van der Waals surface area contributed by atoms with E-state index in [2.05, 4.69) is 4.98 Å². The van der Waals surface area contributed by atoms with E-state index in [4.69, 9.17) is 0 Å². The predicted octanol–water partition coefficient (Wildman–Crippen LogP) is -1.29. The van der Waals surface area contributed by atoms with E-state index in [0.29, 0.717) is 6.42 Å². The molecule has 8 heteroatoms. The lowest BCUT2D eigenvalue weighted by atomic mass is 9.86. The molecule has 1 aliphatic heterocycles. The van der Waals surface area contributed by atoms with Gasteiger partial charge in [0.25, 0.3) is 5.69 Å². The highest BCUT2D eigenvalue weighted by atomic mass is 35.5. The van der Waals surface area contributed by atoms with Gasteiger partial charge in [-0.05, 0) is 12.3 Å². The molecule has 1 amide bonds. The molecule has 26 heavy (non-hydrogen) atoms. The third kappa shape index (κ3) is 5.38. The van der Waals surface area contributed by atoms with E-state index >= 15 is 0 Å². The minimum Gasteiger partial charge on any atom is -1.00 e. The summed E-state index contributed by atoms with van der Waals surface area (Å²) in [6, 6.07) is 3.21. The molecule has 0 bridgehead atoms. The highest BCUT2D eigenvalue weighted by molar-refractivity contribution is 5.76. The standard InChI is InChI=1S/C18H26N4O3.ClH/c23-18(9-6-15-4-2-1-3-5-15)21-12-10-20(11-13-21)17-8-7-16(14-19-17)22(24)25;/h7-8,14-15H,1-6,9-13H2;1H. The largest absolute Gasteiger partial charge is 1.00 e. The molecule has 3 rings (SSSR count). The van der Waals surface area contributed by atoms with Crippen molar-refractivity contribution >= 4 is 17.4 Å². The van der Waals surface area contributed by atoms with Crippen LogP contribution in [0.4, 0.5) is 11.5 Å². The van der Waals surface area contributed by atoms with Crippen LogP contribution in [-0.4, -0.2) is 46.9 Å². The molecule has 1 N–H and O–H groups in total. The molecule has 0 atom stereocenters. The molecule has 1 saturated carbocycles. The first-order chi connectivity index (χ1) is 12.1. The van der Waals surface area contributed by atoms with Crippen molar-refractivity contribution in [1.82, 2.24) is 9.88 Å². The number of nitrogens with one attached hydrogen (secondary N) is 1. The molecule has 0 radical (unpaired) electrons. The van der Waals surface area contributed by atoms with E-state index < -0.39 is 4.92 Å². The second kappa shape index (κ2) is 9.83. The number of aromatic nitrogens is 1. The van der Waals surface area contributed by atoms with Gasteiger partial charge in [0.1, 0.15) is 19.3 Å². The predicted molar refractivity (Wildman–Crippen MR) is 93.6 cm³/mol. The number of carbonyl (C=O) groups excluding carboxylic acids is 1. The van der Waals surface area contributed by atoms with Crippen molar-refractivity contribution < 1.29 is 27.0 Å². The van der Waals surface area contributed by atoms with E-state index in [0.717, 1.165) is 44.3 Å². The van der Waals surface area contributed by atoms with Crippen LogP contribution < -0.4 is 17.3 Å². The summed E-state index contributed by atoms with van der Waals surface area (Å²) >= 11 is 0. The number of hydrogen-bond donors (Lipinski definition) is 1. The van der Waals surface area contributed by atoms with Crippen molar-refractivity contribution in [1.29, 1.82) is 0 Å². The zero-order valence-corrected chi connectivity index (χ0v) is 15.8. The van der Waals surface area contributed by atoms with Crippen LogP contribution in [0, 0.1) is 16.0 Å². The first kappa shape index (κ1) is 20.6. The van der Waals surface area contributed by atoms with E-state index in [1.165, 1.54) is 49.3 Å². The molecular formula is C18H27ClN4O3. The summed E-state index contributed by atoms with van der Waals surface area (Å²) in [4.78, 5) is 30.1. The monoisotopic (exact) mass is 382 g/mol. The maximum atomic E-state index is 12.4. The number of hydrogen-bond acceptors (Lipinski definition) is 4. The summed E-state index contributed by atoms with van der Waals surface area (Å²) in [6.07, 6.45) is 9.60. The third-order valence-electron chi connectivity index (χ3n) is 5.53. The Morgan fingerprint density at radius 1 is 1.23 bits per heavy atom. The van der Waals surface area contributed by atoms with Crippen molar-refractivity contribution in [2.24, 2.45) is 5.92 Å². The number of pyridine rings is 1. The second-order valence-electron chi connectivity index (χ2n) is 7.19. The van der Waals surface area contributed by atoms with Crippen molar-refractivity contribution in [3.05, 3.63) is 28.4 Å². The fraction of sp³-hybridized carbons (Fsp3) is 0.667. The fourth-order valence-corrected chi connectivity index (χ4v) is 3.95. The Bertz CT molecular complexity index is 597. The zero-order chi connectivity index (χ0) is 17.6. The Kier molecular flexibility index (Phi) is 7.78. The molecule has 0 aromatic carbocycles. The van der Waals surface area contributed by atoms with Crippen LogP contribution in [0.15, 0.2) is 18.3 Å². The summed E-state index contributed by atoms with van der Waals surface area (Å²) in [5.74, 6) is 1.84. The molecule has 1 aromatic rings. The Morgan fingerprint density at radius 3 is 2.50 bits per heavy atom. The smallest absolute Gasteiger partial charge is 0.288 e. The maximum absolute atomic E-state index is 12.4. The first-order valence-electron chi connectivity index (χ1n) is 9.37. The number of halogens is 1. The van der Waals surface area contributed by atoms with Crippen LogP contribution in [0.3, 0.4) is 0 Å². The first-order valence-corrected chi connectivity index (χ1v) is 9.37. The molecule has 7 nitrogen and oxygen atoms in total. The van der Waals surface area contributed by atoms with Gasteiger partial charge in [0.2, 0.25) is 11.7 Å². The van der Waals surface area contributed by atoms with Crippen molar-refractivity contribution in [2.75, 3.05) is 26.2 Å². The van der Waals surface area contributed by atoms with Crippen LogP contribution in [0.1, 0.15) is 44.9 Å². The molecule has 0 spiro atoms. The molecule has 144 valence electrons. The van der Waals surface area contributed by atoms with Gasteiger partial charge in [-0.15, -0.1) is 0 Å². The summed E-state index contributed by atoms with van der Waals surface area (Å²) < 4.78 is 0. The summed E-state index contributed by atoms with van der Waals surface area (Å²) in [5.41, 5.74) is 0.0136. The minimum absolute atomic E-state index is 0. The van der Waals surface area contributed by atoms with Crippen LogP contribution in [0.2, 0.25) is 0 Å². The van der Waals surface area contributed by atoms with Gasteiger partial charge in [-0.2, -0.15) is 4.98 Å². The number of rotatable bonds is 5. The molecular weight excluding hydrogens is 356 g/mol. The SMILES string of the molecule is O=C(CCC1CCCCC1)N1CC[NH+](c2ccc([N+](=O)[O-])cn2)CC1.[Cl-]. The molecule has 2 heterocycles. The lowest BCUT2D eigenvalue weighted by Crippen LogP contribution is -3.10. The molecule has 0 unspecified atom stereocenters. The Hall–Kier alpha value is -1.73. The molecule has 1 aliphatic carbocycles. The van der Waals surface area contributed by atoms with E-state index in [1.807, 2.05) is 4.90 Å². The quantitative estimate of drug-likeness (QED) is 0.507. The van der Waals surface area contributed by atoms with Gasteiger partial charge in [-0.1, -0.05) is 32.1 Å². The number of quaternary nitrogens is 1. The zero-order valence-electron chi connectivity index (χ0n) is 15.0. The molecule has 2 aliphatic rings. The normalized spacial score (nSPS) is 19.0. The Morgan fingerprint density at radius 2 is 1.92 bits per heavy atom. The number of carbonyl (C=O) groups is 1. The van der Waals surface area contributed by atoms with Gasteiger partial charge in [-0.25, -0.2) is 0 Å². The number of nitro groups is 1. The van der Waals surface area contributed by atoms with Crippen LogP contribution in [-0.2, 0) is 4.79 Å². The molecule has 1 saturated heterocycles. The highest BCUT2D eigenvalue weighted by Gasteiger charge is 2.26. The van der Waals surface area contributed by atoms with Crippen LogP contribution in [0.5, 0.6) is 0 Å². The number of nitrogens with zero attached hydrogens (tertiary/aromatic N) is 3. The Labute approximate surface area is 160 Å². The maximum Gasteiger partial charge on any atom is 0.288 e. The highest BCUT2D eigenvalue weighted by Crippen LogP contribution is 2.27. The van der Waals surface area contributed by atoms with Gasteiger partial charge in [0.15, 0.2) is 0 Å². The fourth-order valence-electron chi connectivity index (χ4n) is 3.95. The van der Waals surface area contributed by atoms with Gasteiger partial charge in [0.05, 0.1) is 18.0 Å². The van der Waals surface area contributed by atoms with Gasteiger partial charge >= 0.3 is 0 Å². The summed E-state index contributed by atoms with van der Waals surface area (Å²) in [7, 11) is 0. The van der Waals surface area contributed by atoms with Gasteiger partial charge in [-0.3, -0.25) is 19.8 Å². The van der Waals surface area contributed by atoms with E-state index in [-0.39, 0.29) is 24.0 Å². The summed E-state index contributed by atoms with van der Waals surface area (Å²) in [6.45, 7) is 3.08. The summed E-state index contributed by atoms with van der Waals surface area (Å²) in [5, 5.41) is 10.7. The van der Waals surface area contributed by atoms with Gasteiger partial charge < -0.3 is 17.3 Å². The van der Waals surface area contributed by atoms with E-state index in [1.54, 1.807) is 6.07 Å². The Balaban J connectivity index is 0.00000243. The van der Waals surface area contributed by atoms with Crippen LogP contribution in [0.25, 0.3) is 0 Å². The second-order valence-corrected chi connectivity index (χ2v) is 7.19. The number of amides is 1. The van der Waals surface area contributed by atoms with Crippen molar-refractivity contribution in [3.8, 4) is 0 Å². The molecule has 2 fully saturated rings. The van der Waals surface area contributed by atoms with Gasteiger partial charge in [0, 0.05) is 18.6 Å².